The van der Waals surface area contributed by atoms with E-state index in [1.165, 1.54) is 11.1 Å². The van der Waals surface area contributed by atoms with Crippen molar-refractivity contribution in [3.8, 4) is 0 Å². The summed E-state index contributed by atoms with van der Waals surface area (Å²) in [5.74, 6) is 0.619. The Balaban J connectivity index is 1.20. The first kappa shape index (κ1) is 24.6. The molecule has 1 heterocycles. The fourth-order valence-electron chi connectivity index (χ4n) is 5.09. The van der Waals surface area contributed by atoms with Crippen molar-refractivity contribution < 1.29 is 4.79 Å². The largest absolute Gasteiger partial charge is 0.297 e. The quantitative estimate of drug-likeness (QED) is 0.593. The van der Waals surface area contributed by atoms with Crippen molar-refractivity contribution in [2.45, 2.75) is 59.5 Å². The molecule has 2 fully saturated rings. The van der Waals surface area contributed by atoms with Gasteiger partial charge in [0.2, 0.25) is 0 Å². The summed E-state index contributed by atoms with van der Waals surface area (Å²) in [7, 11) is 0. The summed E-state index contributed by atoms with van der Waals surface area (Å²) in [5.41, 5.74) is 7.56. The van der Waals surface area contributed by atoms with E-state index in [0.717, 1.165) is 76.6 Å². The number of piperazine rings is 1. The topological polar surface area (TPSA) is 47.9 Å². The van der Waals surface area contributed by atoms with Crippen LogP contribution in [0.25, 0.3) is 0 Å². The Morgan fingerprint density at radius 1 is 0.853 bits per heavy atom. The number of nitrogens with zero attached hydrogens (tertiary/aromatic N) is 3. The Morgan fingerprint density at radius 2 is 1.38 bits per heavy atom. The molecule has 182 valence electrons. The molecule has 2 aromatic carbocycles. The molecule has 4 rings (SSSR count). The van der Waals surface area contributed by atoms with Crippen LogP contribution in [0.15, 0.2) is 59.7 Å². The van der Waals surface area contributed by atoms with Gasteiger partial charge in [0.05, 0.1) is 0 Å². The number of carbonyl (C=O) groups excluding carboxylic acids is 1. The third-order valence-electron chi connectivity index (χ3n) is 7.44. The van der Waals surface area contributed by atoms with E-state index in [1.807, 2.05) is 12.1 Å². The monoisotopic (exact) mass is 460 g/mol. The molecule has 1 aliphatic carbocycles. The highest BCUT2D eigenvalue weighted by Crippen LogP contribution is 2.36. The molecule has 2 aromatic rings. The Kier molecular flexibility index (Phi) is 8.17. The van der Waals surface area contributed by atoms with Gasteiger partial charge in [-0.05, 0) is 60.3 Å². The van der Waals surface area contributed by atoms with Gasteiger partial charge in [-0.15, -0.1) is 0 Å². The zero-order valence-corrected chi connectivity index (χ0v) is 21.1. The summed E-state index contributed by atoms with van der Waals surface area (Å²) in [6.07, 6.45) is 4.29. The number of benzene rings is 2. The maximum atomic E-state index is 12.6. The highest BCUT2D eigenvalue weighted by molar-refractivity contribution is 5.95. The van der Waals surface area contributed by atoms with Crippen molar-refractivity contribution in [1.29, 1.82) is 0 Å². The Hall–Kier alpha value is -2.50. The maximum absolute atomic E-state index is 12.6. The zero-order chi connectivity index (χ0) is 24.0. The minimum atomic E-state index is -0.119. The molecule has 0 atom stereocenters. The molecule has 5 heteroatoms. The summed E-state index contributed by atoms with van der Waals surface area (Å²) in [6.45, 7) is 13.2. The van der Waals surface area contributed by atoms with Crippen LogP contribution in [0.1, 0.15) is 67.9 Å². The lowest BCUT2D eigenvalue weighted by molar-refractivity contribution is 0.0954. The van der Waals surface area contributed by atoms with Crippen LogP contribution in [-0.4, -0.2) is 47.6 Å². The fourth-order valence-corrected chi connectivity index (χ4v) is 5.09. The van der Waals surface area contributed by atoms with Crippen molar-refractivity contribution in [1.82, 2.24) is 15.2 Å². The highest BCUT2D eigenvalue weighted by Gasteiger charge is 2.28. The number of rotatable bonds is 6. The van der Waals surface area contributed by atoms with Gasteiger partial charge in [0, 0.05) is 50.5 Å². The zero-order valence-electron chi connectivity index (χ0n) is 21.1. The molecule has 1 aliphatic heterocycles. The van der Waals surface area contributed by atoms with Gasteiger partial charge in [-0.3, -0.25) is 14.6 Å². The first-order valence-corrected chi connectivity index (χ1v) is 12.8. The van der Waals surface area contributed by atoms with Crippen LogP contribution in [0.3, 0.4) is 0 Å². The van der Waals surface area contributed by atoms with Crippen LogP contribution in [0.5, 0.6) is 0 Å². The first-order chi connectivity index (χ1) is 16.4. The predicted molar refractivity (Wildman–Crippen MR) is 140 cm³/mol. The molecule has 1 amide bonds. The highest BCUT2D eigenvalue weighted by atomic mass is 16.2. The van der Waals surface area contributed by atoms with Crippen molar-refractivity contribution in [3.63, 3.8) is 0 Å². The summed E-state index contributed by atoms with van der Waals surface area (Å²) in [6, 6.07) is 18.7. The molecule has 0 spiro atoms. The van der Waals surface area contributed by atoms with Gasteiger partial charge in [0.15, 0.2) is 0 Å². The fraction of sp³-hybridized carbons (Fsp3) is 0.517. The molecule has 5 nitrogen and oxygen atoms in total. The Bertz CT molecular complexity index is 944. The minimum Gasteiger partial charge on any atom is -0.297 e. The number of hydrazone groups is 1. The molecular formula is C29H40N4O. The van der Waals surface area contributed by atoms with Gasteiger partial charge in [-0.2, -0.15) is 5.10 Å². The minimum absolute atomic E-state index is 0.119. The number of carbonyl (C=O) groups is 1. The van der Waals surface area contributed by atoms with Gasteiger partial charge in [0.25, 0.3) is 5.91 Å². The second-order valence-electron chi connectivity index (χ2n) is 11.0. The molecule has 34 heavy (non-hydrogen) atoms. The summed E-state index contributed by atoms with van der Waals surface area (Å²) < 4.78 is 0. The molecule has 0 radical (unpaired) electrons. The van der Waals surface area contributed by atoms with Crippen LogP contribution >= 0.6 is 0 Å². The lowest BCUT2D eigenvalue weighted by atomic mass is 9.72. The standard InChI is InChI=1S/C29H40N4O/c1-29(2,3)26-13-15-27(16-14-26)30-31-28(34)25-11-9-24(10-12-25)22-33-19-17-32(18-20-33)21-23-7-5-4-6-8-23/h4-12,26H,13-22H2,1-3H3,(H,31,34). The molecule has 1 saturated heterocycles. The smallest absolute Gasteiger partial charge is 0.271 e. The summed E-state index contributed by atoms with van der Waals surface area (Å²) >= 11 is 0. The molecule has 2 aliphatic rings. The average Bonchev–Trinajstić information content (AvgIpc) is 2.84. The van der Waals surface area contributed by atoms with E-state index in [-0.39, 0.29) is 5.91 Å². The molecule has 0 aromatic heterocycles. The molecule has 1 saturated carbocycles. The molecular weight excluding hydrogens is 420 g/mol. The van der Waals surface area contributed by atoms with E-state index in [4.69, 9.17) is 0 Å². The molecule has 1 N–H and O–H groups in total. The van der Waals surface area contributed by atoms with Gasteiger partial charge >= 0.3 is 0 Å². The van der Waals surface area contributed by atoms with Crippen molar-refractivity contribution >= 4 is 11.6 Å². The third-order valence-corrected chi connectivity index (χ3v) is 7.44. The van der Waals surface area contributed by atoms with E-state index in [9.17, 15) is 4.79 Å². The molecule has 0 unspecified atom stereocenters. The number of nitrogens with one attached hydrogen (secondary N) is 1. The van der Waals surface area contributed by atoms with Crippen LogP contribution in [-0.2, 0) is 13.1 Å². The maximum Gasteiger partial charge on any atom is 0.271 e. The summed E-state index contributed by atoms with van der Waals surface area (Å²) in [5, 5.41) is 4.43. The van der Waals surface area contributed by atoms with Crippen molar-refractivity contribution in [2.24, 2.45) is 16.4 Å². The number of amides is 1. The van der Waals surface area contributed by atoms with Gasteiger partial charge < -0.3 is 0 Å². The number of hydrogen-bond acceptors (Lipinski definition) is 4. The SMILES string of the molecule is CC(C)(C)C1CCC(=NNC(=O)c2ccc(CN3CCN(Cc4ccccc4)CC3)cc2)CC1. The average molecular weight is 461 g/mol. The van der Waals surface area contributed by atoms with E-state index < -0.39 is 0 Å². The van der Waals surface area contributed by atoms with E-state index in [2.05, 4.69) is 83.6 Å². The van der Waals surface area contributed by atoms with Crippen LogP contribution < -0.4 is 5.43 Å². The lowest BCUT2D eigenvalue weighted by Gasteiger charge is -2.34. The van der Waals surface area contributed by atoms with Crippen LogP contribution in [0.4, 0.5) is 0 Å². The lowest BCUT2D eigenvalue weighted by Crippen LogP contribution is -2.45. The first-order valence-electron chi connectivity index (χ1n) is 12.8. The van der Waals surface area contributed by atoms with Gasteiger partial charge in [-0.1, -0.05) is 63.2 Å². The predicted octanol–water partition coefficient (Wildman–Crippen LogP) is 5.33. The second kappa shape index (κ2) is 11.3. The second-order valence-corrected chi connectivity index (χ2v) is 11.0. The number of hydrogen-bond donors (Lipinski definition) is 1. The summed E-state index contributed by atoms with van der Waals surface area (Å²) in [4.78, 5) is 17.6. The van der Waals surface area contributed by atoms with Crippen LogP contribution in [0.2, 0.25) is 0 Å². The molecule has 0 bridgehead atoms. The van der Waals surface area contributed by atoms with E-state index >= 15 is 0 Å². The van der Waals surface area contributed by atoms with Crippen molar-refractivity contribution in [3.05, 3.63) is 71.3 Å². The normalized spacial score (nSPS) is 20.2. The van der Waals surface area contributed by atoms with Gasteiger partial charge in [-0.25, -0.2) is 5.43 Å². The van der Waals surface area contributed by atoms with E-state index in [1.54, 1.807) is 0 Å². The Labute approximate surface area is 205 Å². The Morgan fingerprint density at radius 3 is 1.91 bits per heavy atom. The van der Waals surface area contributed by atoms with Crippen molar-refractivity contribution in [2.75, 3.05) is 26.2 Å². The van der Waals surface area contributed by atoms with Gasteiger partial charge in [0.1, 0.15) is 0 Å². The van der Waals surface area contributed by atoms with E-state index in [0.29, 0.717) is 11.0 Å². The third kappa shape index (κ3) is 7.00. The van der Waals surface area contributed by atoms with Crippen LogP contribution in [0, 0.1) is 11.3 Å².